The first-order valence-electron chi connectivity index (χ1n) is 5.87. The second kappa shape index (κ2) is 5.47. The molecule has 0 aliphatic rings. The third kappa shape index (κ3) is 2.97. The number of rotatable bonds is 4. The summed E-state index contributed by atoms with van der Waals surface area (Å²) in [4.78, 5) is 22.1. The van der Waals surface area contributed by atoms with Crippen molar-refractivity contribution in [3.8, 4) is 0 Å². The summed E-state index contributed by atoms with van der Waals surface area (Å²) in [6.45, 7) is 3.56. The molecule has 0 saturated carbocycles. The van der Waals surface area contributed by atoms with Gasteiger partial charge in [-0.05, 0) is 19.4 Å². The molecule has 0 saturated heterocycles. The molecule has 20 heavy (non-hydrogen) atoms. The number of nitrogens with zero attached hydrogens (tertiary/aromatic N) is 4. The third-order valence-corrected chi connectivity index (χ3v) is 2.81. The predicted octanol–water partition coefficient (Wildman–Crippen LogP) is 1.44. The highest BCUT2D eigenvalue weighted by atomic mass is 16.6. The van der Waals surface area contributed by atoms with Crippen LogP contribution in [0.4, 0.5) is 11.4 Å². The van der Waals surface area contributed by atoms with Crippen LogP contribution in [0.1, 0.15) is 11.3 Å². The SMILES string of the molecule is Cc1ccc([N+](=O)[O-])cc1NC(=O)Cn1nncc1C. The standard InChI is InChI=1S/C12H13N5O3/c1-8-3-4-10(17(19)20)5-11(8)14-12(18)7-16-9(2)6-13-15-16/h3-6H,7H2,1-2H3,(H,14,18). The van der Waals surface area contributed by atoms with Crippen molar-refractivity contribution in [2.75, 3.05) is 5.32 Å². The topological polar surface area (TPSA) is 103 Å². The second-order valence-corrected chi connectivity index (χ2v) is 4.34. The Morgan fingerprint density at radius 1 is 1.45 bits per heavy atom. The van der Waals surface area contributed by atoms with Gasteiger partial charge >= 0.3 is 0 Å². The molecule has 2 rings (SSSR count). The summed E-state index contributed by atoms with van der Waals surface area (Å²) in [7, 11) is 0. The van der Waals surface area contributed by atoms with E-state index in [9.17, 15) is 14.9 Å². The van der Waals surface area contributed by atoms with Crippen molar-refractivity contribution < 1.29 is 9.72 Å². The Hall–Kier alpha value is -2.77. The molecule has 104 valence electrons. The van der Waals surface area contributed by atoms with Crippen molar-refractivity contribution in [3.05, 3.63) is 45.8 Å². The van der Waals surface area contributed by atoms with Crippen LogP contribution in [-0.2, 0) is 11.3 Å². The fourth-order valence-corrected chi connectivity index (χ4v) is 1.65. The van der Waals surface area contributed by atoms with Crippen LogP contribution in [0.2, 0.25) is 0 Å². The van der Waals surface area contributed by atoms with E-state index in [1.807, 2.05) is 0 Å². The van der Waals surface area contributed by atoms with Crippen LogP contribution < -0.4 is 5.32 Å². The van der Waals surface area contributed by atoms with Gasteiger partial charge in [0.2, 0.25) is 5.91 Å². The number of amides is 1. The van der Waals surface area contributed by atoms with Gasteiger partial charge < -0.3 is 5.32 Å². The Bertz CT molecular complexity index is 665. The van der Waals surface area contributed by atoms with Crippen LogP contribution in [0.15, 0.2) is 24.4 Å². The summed E-state index contributed by atoms with van der Waals surface area (Å²) >= 11 is 0. The molecule has 2 aromatic rings. The lowest BCUT2D eigenvalue weighted by Crippen LogP contribution is -2.20. The molecule has 1 N–H and O–H groups in total. The summed E-state index contributed by atoms with van der Waals surface area (Å²) in [5.41, 5.74) is 1.86. The number of non-ortho nitro benzene ring substituents is 1. The van der Waals surface area contributed by atoms with E-state index >= 15 is 0 Å². The van der Waals surface area contributed by atoms with E-state index in [1.165, 1.54) is 16.8 Å². The van der Waals surface area contributed by atoms with Crippen LogP contribution >= 0.6 is 0 Å². The number of nitro groups is 1. The number of hydrogen-bond acceptors (Lipinski definition) is 5. The summed E-state index contributed by atoms with van der Waals surface area (Å²) in [6, 6.07) is 4.32. The monoisotopic (exact) mass is 275 g/mol. The summed E-state index contributed by atoms with van der Waals surface area (Å²) in [6.07, 6.45) is 1.55. The second-order valence-electron chi connectivity index (χ2n) is 4.34. The maximum absolute atomic E-state index is 11.9. The highest BCUT2D eigenvalue weighted by molar-refractivity contribution is 5.91. The fourth-order valence-electron chi connectivity index (χ4n) is 1.65. The molecule has 0 aliphatic heterocycles. The van der Waals surface area contributed by atoms with Crippen molar-refractivity contribution in [2.45, 2.75) is 20.4 Å². The third-order valence-electron chi connectivity index (χ3n) is 2.81. The number of carbonyl (C=O) groups excluding carboxylic acids is 1. The van der Waals surface area contributed by atoms with E-state index in [4.69, 9.17) is 0 Å². The van der Waals surface area contributed by atoms with Gasteiger partial charge in [-0.25, -0.2) is 4.68 Å². The van der Waals surface area contributed by atoms with Crippen molar-refractivity contribution in [2.24, 2.45) is 0 Å². The molecule has 1 aromatic carbocycles. The lowest BCUT2D eigenvalue weighted by Gasteiger charge is -2.08. The van der Waals surface area contributed by atoms with E-state index in [2.05, 4.69) is 15.6 Å². The van der Waals surface area contributed by atoms with E-state index in [0.29, 0.717) is 5.69 Å². The molecule has 0 bridgehead atoms. The van der Waals surface area contributed by atoms with Gasteiger partial charge in [0.25, 0.3) is 5.69 Å². The average Bonchev–Trinajstić information content (AvgIpc) is 2.77. The molecular weight excluding hydrogens is 262 g/mol. The molecule has 0 unspecified atom stereocenters. The highest BCUT2D eigenvalue weighted by Gasteiger charge is 2.12. The number of aromatic nitrogens is 3. The Kier molecular flexibility index (Phi) is 3.74. The van der Waals surface area contributed by atoms with Gasteiger partial charge in [-0.15, -0.1) is 5.10 Å². The average molecular weight is 275 g/mol. The summed E-state index contributed by atoms with van der Waals surface area (Å²) < 4.78 is 1.45. The Labute approximate surface area is 114 Å². The molecule has 0 spiro atoms. The molecule has 1 heterocycles. The van der Waals surface area contributed by atoms with Gasteiger partial charge in [-0.2, -0.15) is 0 Å². The van der Waals surface area contributed by atoms with Crippen LogP contribution in [0, 0.1) is 24.0 Å². The van der Waals surface area contributed by atoms with Gasteiger partial charge in [-0.1, -0.05) is 11.3 Å². The van der Waals surface area contributed by atoms with Crippen molar-refractivity contribution in [1.29, 1.82) is 0 Å². The molecule has 8 heteroatoms. The minimum Gasteiger partial charge on any atom is -0.324 e. The van der Waals surface area contributed by atoms with E-state index in [1.54, 1.807) is 26.1 Å². The largest absolute Gasteiger partial charge is 0.324 e. The molecule has 0 radical (unpaired) electrons. The smallest absolute Gasteiger partial charge is 0.271 e. The van der Waals surface area contributed by atoms with E-state index in [-0.39, 0.29) is 18.1 Å². The van der Waals surface area contributed by atoms with Crippen molar-refractivity contribution in [1.82, 2.24) is 15.0 Å². The molecular formula is C12H13N5O3. The summed E-state index contributed by atoms with van der Waals surface area (Å²) in [5, 5.41) is 20.8. The van der Waals surface area contributed by atoms with Crippen LogP contribution in [0.5, 0.6) is 0 Å². The lowest BCUT2D eigenvalue weighted by atomic mass is 10.2. The normalized spacial score (nSPS) is 10.3. The molecule has 0 aliphatic carbocycles. The lowest BCUT2D eigenvalue weighted by molar-refractivity contribution is -0.384. The number of nitro benzene ring substituents is 1. The molecule has 0 atom stereocenters. The number of anilines is 1. The van der Waals surface area contributed by atoms with E-state index < -0.39 is 4.92 Å². The van der Waals surface area contributed by atoms with Crippen molar-refractivity contribution in [3.63, 3.8) is 0 Å². The molecule has 8 nitrogen and oxygen atoms in total. The van der Waals surface area contributed by atoms with Gasteiger partial charge in [0.1, 0.15) is 6.54 Å². The van der Waals surface area contributed by atoms with Crippen LogP contribution in [0.3, 0.4) is 0 Å². The number of benzene rings is 1. The zero-order valence-corrected chi connectivity index (χ0v) is 11.0. The number of aryl methyl sites for hydroxylation is 2. The van der Waals surface area contributed by atoms with E-state index in [0.717, 1.165) is 11.3 Å². The molecule has 1 aromatic heterocycles. The Morgan fingerprint density at radius 2 is 2.20 bits per heavy atom. The Morgan fingerprint density at radius 3 is 2.80 bits per heavy atom. The highest BCUT2D eigenvalue weighted by Crippen LogP contribution is 2.21. The maximum atomic E-state index is 11.9. The number of carbonyl (C=O) groups is 1. The maximum Gasteiger partial charge on any atom is 0.271 e. The first kappa shape index (κ1) is 13.7. The Balaban J connectivity index is 2.13. The predicted molar refractivity (Wildman–Crippen MR) is 71.2 cm³/mol. The first-order chi connectivity index (χ1) is 9.47. The zero-order valence-electron chi connectivity index (χ0n) is 11.0. The van der Waals surface area contributed by atoms with Gasteiger partial charge in [0.05, 0.1) is 22.5 Å². The molecule has 0 fully saturated rings. The minimum absolute atomic E-state index is 0.00790. The molecule has 1 amide bonds. The van der Waals surface area contributed by atoms with Gasteiger partial charge in [-0.3, -0.25) is 14.9 Å². The number of hydrogen-bond donors (Lipinski definition) is 1. The quantitative estimate of drug-likeness (QED) is 0.671. The fraction of sp³-hybridized carbons (Fsp3) is 0.250. The van der Waals surface area contributed by atoms with Crippen LogP contribution in [-0.4, -0.2) is 25.8 Å². The van der Waals surface area contributed by atoms with Gasteiger partial charge in [0.15, 0.2) is 0 Å². The van der Waals surface area contributed by atoms with Crippen LogP contribution in [0.25, 0.3) is 0 Å². The van der Waals surface area contributed by atoms with Crippen molar-refractivity contribution >= 4 is 17.3 Å². The minimum atomic E-state index is -0.503. The summed E-state index contributed by atoms with van der Waals surface area (Å²) in [5.74, 6) is -0.317. The first-order valence-corrected chi connectivity index (χ1v) is 5.87. The van der Waals surface area contributed by atoms with Gasteiger partial charge in [0, 0.05) is 12.1 Å². The zero-order chi connectivity index (χ0) is 14.7. The number of nitrogens with one attached hydrogen (secondary N) is 1.